The largest absolute Gasteiger partial charge is 0.478 e. The Bertz CT molecular complexity index is 964. The molecule has 1 saturated heterocycles. The van der Waals surface area contributed by atoms with Gasteiger partial charge < -0.3 is 9.67 Å². The summed E-state index contributed by atoms with van der Waals surface area (Å²) in [5, 5.41) is 9.24. The summed E-state index contributed by atoms with van der Waals surface area (Å²) in [7, 11) is 0. The number of rotatable bonds is 5. The summed E-state index contributed by atoms with van der Waals surface area (Å²) in [5.41, 5.74) is 3.46. The zero-order valence-electron chi connectivity index (χ0n) is 15.8. The second kappa shape index (κ2) is 7.16. The first-order chi connectivity index (χ1) is 13.1. The Hall–Kier alpha value is -2.66. The molecule has 0 spiro atoms. The lowest BCUT2D eigenvalue weighted by atomic mass is 9.93. The number of aromatic nitrogens is 2. The molecule has 4 rings (SSSR count). The van der Waals surface area contributed by atoms with E-state index in [4.69, 9.17) is 4.98 Å². The Balaban J connectivity index is 1.60. The number of hydrogen-bond donors (Lipinski definition) is 1. The van der Waals surface area contributed by atoms with Crippen LogP contribution in [0.1, 0.15) is 47.9 Å². The van der Waals surface area contributed by atoms with Crippen molar-refractivity contribution in [1.82, 2.24) is 14.5 Å². The number of nitrogens with zero attached hydrogens (tertiary/aromatic N) is 3. The van der Waals surface area contributed by atoms with Crippen LogP contribution < -0.4 is 0 Å². The van der Waals surface area contributed by atoms with E-state index in [1.54, 1.807) is 12.1 Å². The Kier molecular flexibility index (Phi) is 4.70. The minimum atomic E-state index is -0.914. The number of carbonyl (C=O) groups is 1. The molecule has 0 aliphatic carbocycles. The van der Waals surface area contributed by atoms with Crippen molar-refractivity contribution in [2.45, 2.75) is 45.3 Å². The minimum absolute atomic E-state index is 0.286. The lowest BCUT2D eigenvalue weighted by molar-refractivity contribution is 0.0697. The van der Waals surface area contributed by atoms with E-state index in [-0.39, 0.29) is 5.56 Å². The van der Waals surface area contributed by atoms with E-state index in [9.17, 15) is 9.90 Å². The topological polar surface area (TPSA) is 58.4 Å². The molecule has 0 saturated carbocycles. The number of fused-ring (bicyclic) bond motifs is 1. The number of carboxylic acids is 1. The van der Waals surface area contributed by atoms with Gasteiger partial charge in [0.25, 0.3) is 0 Å². The van der Waals surface area contributed by atoms with Crippen LogP contribution in [0.4, 0.5) is 0 Å². The van der Waals surface area contributed by atoms with Crippen LogP contribution in [-0.4, -0.2) is 38.1 Å². The molecule has 5 nitrogen and oxygen atoms in total. The van der Waals surface area contributed by atoms with Crippen molar-refractivity contribution < 1.29 is 9.90 Å². The highest BCUT2D eigenvalue weighted by Crippen LogP contribution is 2.34. The standard InChI is InChI=1S/C22H25N3O2/c1-3-25-20-10-9-17(22(26)27)13-19(20)23-21(25)14-24-12-11-18(15(24)2)16-7-5-4-6-8-16/h4-10,13,15,18H,3,11-12,14H2,1-2H3,(H,26,27). The van der Waals surface area contributed by atoms with Crippen LogP contribution in [0, 0.1) is 0 Å². The molecule has 2 atom stereocenters. The van der Waals surface area contributed by atoms with Crippen molar-refractivity contribution >= 4 is 17.0 Å². The van der Waals surface area contributed by atoms with Crippen molar-refractivity contribution in [3.8, 4) is 0 Å². The number of hydrogen-bond acceptors (Lipinski definition) is 3. The highest BCUT2D eigenvalue weighted by atomic mass is 16.4. The molecule has 1 N–H and O–H groups in total. The fourth-order valence-electron chi connectivity index (χ4n) is 4.34. The molecule has 0 bridgehead atoms. The van der Waals surface area contributed by atoms with Crippen molar-refractivity contribution in [3.05, 3.63) is 65.5 Å². The van der Waals surface area contributed by atoms with Crippen LogP contribution in [0.25, 0.3) is 11.0 Å². The Labute approximate surface area is 159 Å². The molecule has 0 radical (unpaired) electrons. The zero-order chi connectivity index (χ0) is 19.0. The number of likely N-dealkylation sites (tertiary alicyclic amines) is 1. The minimum Gasteiger partial charge on any atom is -0.478 e. The van der Waals surface area contributed by atoms with E-state index in [1.165, 1.54) is 5.56 Å². The van der Waals surface area contributed by atoms with E-state index in [0.29, 0.717) is 12.0 Å². The molecule has 3 aromatic rings. The number of carboxylic acid groups (broad SMARTS) is 1. The molecule has 1 aliphatic rings. The maximum absolute atomic E-state index is 11.3. The van der Waals surface area contributed by atoms with E-state index < -0.39 is 5.97 Å². The number of benzene rings is 2. The predicted molar refractivity (Wildman–Crippen MR) is 106 cm³/mol. The van der Waals surface area contributed by atoms with Gasteiger partial charge in [-0.2, -0.15) is 0 Å². The summed E-state index contributed by atoms with van der Waals surface area (Å²) < 4.78 is 2.20. The molecule has 2 unspecified atom stereocenters. The highest BCUT2D eigenvalue weighted by Gasteiger charge is 2.32. The van der Waals surface area contributed by atoms with Crippen molar-refractivity contribution in [2.24, 2.45) is 0 Å². The van der Waals surface area contributed by atoms with Gasteiger partial charge in [0.15, 0.2) is 0 Å². The SMILES string of the molecule is CCn1c(CN2CCC(c3ccccc3)C2C)nc2cc(C(=O)O)ccc21. The lowest BCUT2D eigenvalue weighted by Gasteiger charge is -2.24. The van der Waals surface area contributed by atoms with E-state index in [2.05, 4.69) is 53.6 Å². The molecule has 0 amide bonds. The van der Waals surface area contributed by atoms with Crippen LogP contribution in [0.15, 0.2) is 48.5 Å². The average molecular weight is 363 g/mol. The molecule has 140 valence electrons. The van der Waals surface area contributed by atoms with Gasteiger partial charge in [-0.1, -0.05) is 30.3 Å². The number of imidazole rings is 1. The maximum atomic E-state index is 11.3. The van der Waals surface area contributed by atoms with Gasteiger partial charge in [0.05, 0.1) is 23.1 Å². The number of aromatic carboxylic acids is 1. The van der Waals surface area contributed by atoms with Crippen LogP contribution in [0.5, 0.6) is 0 Å². The van der Waals surface area contributed by atoms with E-state index in [1.807, 2.05) is 6.07 Å². The Morgan fingerprint density at radius 1 is 1.22 bits per heavy atom. The summed E-state index contributed by atoms with van der Waals surface area (Å²) in [5.74, 6) is 0.642. The van der Waals surface area contributed by atoms with Gasteiger partial charge in [-0.15, -0.1) is 0 Å². The molecule has 1 aromatic heterocycles. The van der Waals surface area contributed by atoms with E-state index >= 15 is 0 Å². The second-order valence-electron chi connectivity index (χ2n) is 7.30. The van der Waals surface area contributed by atoms with Gasteiger partial charge in [0.1, 0.15) is 5.82 Å². The molecule has 1 aliphatic heterocycles. The maximum Gasteiger partial charge on any atom is 0.335 e. The third kappa shape index (κ3) is 3.23. The molecular weight excluding hydrogens is 338 g/mol. The van der Waals surface area contributed by atoms with Crippen LogP contribution in [0.2, 0.25) is 0 Å². The zero-order valence-corrected chi connectivity index (χ0v) is 15.8. The monoisotopic (exact) mass is 363 g/mol. The van der Waals surface area contributed by atoms with Crippen LogP contribution in [-0.2, 0) is 13.1 Å². The summed E-state index contributed by atoms with van der Waals surface area (Å²) in [6.07, 6.45) is 1.15. The third-order valence-corrected chi connectivity index (χ3v) is 5.85. The van der Waals surface area contributed by atoms with Gasteiger partial charge in [-0.3, -0.25) is 4.90 Å². The Morgan fingerprint density at radius 2 is 2.00 bits per heavy atom. The van der Waals surface area contributed by atoms with E-state index in [0.717, 1.165) is 42.9 Å². The fourth-order valence-corrected chi connectivity index (χ4v) is 4.34. The molecule has 1 fully saturated rings. The van der Waals surface area contributed by atoms with Crippen LogP contribution in [0.3, 0.4) is 0 Å². The van der Waals surface area contributed by atoms with Gasteiger partial charge in [0.2, 0.25) is 0 Å². The van der Waals surface area contributed by atoms with Crippen LogP contribution >= 0.6 is 0 Å². The average Bonchev–Trinajstić information content (AvgIpc) is 3.22. The summed E-state index contributed by atoms with van der Waals surface area (Å²) in [6, 6.07) is 16.4. The molecular formula is C22H25N3O2. The summed E-state index contributed by atoms with van der Waals surface area (Å²) in [6.45, 7) is 7.06. The first-order valence-electron chi connectivity index (χ1n) is 9.60. The molecule has 5 heteroatoms. The summed E-state index contributed by atoms with van der Waals surface area (Å²) in [4.78, 5) is 18.5. The first kappa shape index (κ1) is 17.7. The number of aryl methyl sites for hydroxylation is 1. The molecule has 2 aromatic carbocycles. The van der Waals surface area contributed by atoms with Crippen molar-refractivity contribution in [3.63, 3.8) is 0 Å². The smallest absolute Gasteiger partial charge is 0.335 e. The normalized spacial score (nSPS) is 20.4. The van der Waals surface area contributed by atoms with Gasteiger partial charge >= 0.3 is 5.97 Å². The second-order valence-corrected chi connectivity index (χ2v) is 7.30. The first-order valence-corrected chi connectivity index (χ1v) is 9.60. The fraction of sp³-hybridized carbons (Fsp3) is 0.364. The Morgan fingerprint density at radius 3 is 2.70 bits per heavy atom. The third-order valence-electron chi connectivity index (χ3n) is 5.85. The van der Waals surface area contributed by atoms with Gasteiger partial charge in [-0.05, 0) is 50.6 Å². The predicted octanol–water partition coefficient (Wildman–Crippen LogP) is 4.13. The van der Waals surface area contributed by atoms with Crippen molar-refractivity contribution in [2.75, 3.05) is 6.54 Å². The molecule has 27 heavy (non-hydrogen) atoms. The van der Waals surface area contributed by atoms with Crippen molar-refractivity contribution in [1.29, 1.82) is 0 Å². The summed E-state index contributed by atoms with van der Waals surface area (Å²) >= 11 is 0. The lowest BCUT2D eigenvalue weighted by Crippen LogP contribution is -2.30. The van der Waals surface area contributed by atoms with Gasteiger partial charge in [0, 0.05) is 18.5 Å². The highest BCUT2D eigenvalue weighted by molar-refractivity contribution is 5.92. The van der Waals surface area contributed by atoms with Gasteiger partial charge in [-0.25, -0.2) is 9.78 Å². The molecule has 2 heterocycles. The quantitative estimate of drug-likeness (QED) is 0.740.